The number of hydrogen-bond acceptors (Lipinski definition) is 3. The standard InChI is InChI=1S/C17H17F3N4O/c18-17(19,20)15-3-1-14(2-4-15)9-16(25,10-23-7-5-21-12-23)11-24-8-6-22-13-24/h1-8,12-13,25H,9-11H2. The fourth-order valence-electron chi connectivity index (χ4n) is 2.79. The normalized spacial score (nSPS) is 12.5. The molecule has 0 aliphatic heterocycles. The molecule has 0 atom stereocenters. The van der Waals surface area contributed by atoms with Crippen LogP contribution in [0.1, 0.15) is 11.1 Å². The predicted octanol–water partition coefficient (Wildman–Crippen LogP) is 2.77. The third kappa shape index (κ3) is 4.48. The SMILES string of the molecule is OC(Cc1ccc(C(F)(F)F)cc1)(Cn1ccnc1)Cn1ccnc1. The van der Waals surface area contributed by atoms with Gasteiger partial charge in [0, 0.05) is 31.2 Å². The third-order valence-electron chi connectivity index (χ3n) is 3.89. The van der Waals surface area contributed by atoms with Crippen molar-refractivity contribution in [2.24, 2.45) is 0 Å². The Morgan fingerprint density at radius 3 is 1.80 bits per heavy atom. The van der Waals surface area contributed by atoms with Crippen molar-refractivity contribution in [2.45, 2.75) is 31.3 Å². The molecule has 2 aromatic heterocycles. The van der Waals surface area contributed by atoms with Crippen molar-refractivity contribution in [3.63, 3.8) is 0 Å². The van der Waals surface area contributed by atoms with Crippen LogP contribution in [0.15, 0.2) is 61.7 Å². The number of nitrogens with zero attached hydrogens (tertiary/aromatic N) is 4. The zero-order valence-corrected chi connectivity index (χ0v) is 13.3. The summed E-state index contributed by atoms with van der Waals surface area (Å²) in [5.41, 5.74) is -1.29. The van der Waals surface area contributed by atoms with Gasteiger partial charge < -0.3 is 14.2 Å². The van der Waals surface area contributed by atoms with Crippen LogP contribution in [0.5, 0.6) is 0 Å². The van der Waals surface area contributed by atoms with Crippen molar-refractivity contribution in [1.82, 2.24) is 19.1 Å². The Labute approximate surface area is 142 Å². The first-order chi connectivity index (χ1) is 11.8. The highest BCUT2D eigenvalue weighted by Gasteiger charge is 2.31. The maximum atomic E-state index is 12.7. The van der Waals surface area contributed by atoms with Crippen LogP contribution in [0.2, 0.25) is 0 Å². The molecule has 2 heterocycles. The average Bonchev–Trinajstić information content (AvgIpc) is 3.20. The van der Waals surface area contributed by atoms with Crippen molar-refractivity contribution < 1.29 is 18.3 Å². The quantitative estimate of drug-likeness (QED) is 0.744. The second-order valence-electron chi connectivity index (χ2n) is 6.07. The van der Waals surface area contributed by atoms with Gasteiger partial charge in [-0.05, 0) is 17.7 Å². The summed E-state index contributed by atoms with van der Waals surface area (Å²) < 4.78 is 41.5. The molecule has 132 valence electrons. The Hall–Kier alpha value is -2.61. The zero-order chi connectivity index (χ0) is 17.9. The summed E-state index contributed by atoms with van der Waals surface area (Å²) in [5.74, 6) is 0. The van der Waals surface area contributed by atoms with Crippen molar-refractivity contribution in [3.8, 4) is 0 Å². The van der Waals surface area contributed by atoms with Gasteiger partial charge in [-0.3, -0.25) is 0 Å². The lowest BCUT2D eigenvalue weighted by Gasteiger charge is -2.29. The third-order valence-corrected chi connectivity index (χ3v) is 3.89. The molecular weight excluding hydrogens is 333 g/mol. The largest absolute Gasteiger partial charge is 0.416 e. The topological polar surface area (TPSA) is 55.9 Å². The van der Waals surface area contributed by atoms with Gasteiger partial charge in [-0.2, -0.15) is 13.2 Å². The fourth-order valence-corrected chi connectivity index (χ4v) is 2.79. The number of rotatable bonds is 6. The smallest absolute Gasteiger partial charge is 0.386 e. The van der Waals surface area contributed by atoms with E-state index in [2.05, 4.69) is 9.97 Å². The van der Waals surface area contributed by atoms with Gasteiger partial charge in [0.25, 0.3) is 0 Å². The molecule has 0 fully saturated rings. The summed E-state index contributed by atoms with van der Waals surface area (Å²) in [6.07, 6.45) is 5.67. The minimum atomic E-state index is -4.37. The molecule has 0 radical (unpaired) electrons. The number of imidazole rings is 2. The van der Waals surface area contributed by atoms with Gasteiger partial charge in [0.05, 0.1) is 31.3 Å². The summed E-state index contributed by atoms with van der Waals surface area (Å²) in [5, 5.41) is 11.1. The van der Waals surface area contributed by atoms with Crippen molar-refractivity contribution in [1.29, 1.82) is 0 Å². The van der Waals surface area contributed by atoms with E-state index in [1.165, 1.54) is 12.1 Å². The van der Waals surface area contributed by atoms with Gasteiger partial charge in [-0.25, -0.2) is 9.97 Å². The van der Waals surface area contributed by atoms with Gasteiger partial charge in [0.15, 0.2) is 0 Å². The first-order valence-corrected chi connectivity index (χ1v) is 7.64. The molecule has 1 N–H and O–H groups in total. The maximum Gasteiger partial charge on any atom is 0.416 e. The summed E-state index contributed by atoms with van der Waals surface area (Å²) >= 11 is 0. The Morgan fingerprint density at radius 2 is 1.40 bits per heavy atom. The van der Waals surface area contributed by atoms with E-state index in [1.807, 2.05) is 0 Å². The molecule has 3 aromatic rings. The second-order valence-corrected chi connectivity index (χ2v) is 6.07. The Balaban J connectivity index is 1.81. The average molecular weight is 350 g/mol. The van der Waals surface area contributed by atoms with Gasteiger partial charge in [0.1, 0.15) is 5.60 Å². The molecule has 1 aromatic carbocycles. The highest BCUT2D eigenvalue weighted by Crippen LogP contribution is 2.30. The van der Waals surface area contributed by atoms with Gasteiger partial charge in [-0.1, -0.05) is 12.1 Å². The molecule has 0 saturated carbocycles. The Morgan fingerprint density at radius 1 is 0.880 bits per heavy atom. The first-order valence-electron chi connectivity index (χ1n) is 7.64. The molecule has 0 unspecified atom stereocenters. The molecule has 5 nitrogen and oxygen atoms in total. The highest BCUT2D eigenvalue weighted by atomic mass is 19.4. The monoisotopic (exact) mass is 350 g/mol. The van der Waals surface area contributed by atoms with E-state index < -0.39 is 17.3 Å². The maximum absolute atomic E-state index is 12.7. The summed E-state index contributed by atoms with van der Waals surface area (Å²) in [6, 6.07) is 4.86. The van der Waals surface area contributed by atoms with E-state index >= 15 is 0 Å². The van der Waals surface area contributed by atoms with Crippen molar-refractivity contribution >= 4 is 0 Å². The van der Waals surface area contributed by atoms with Crippen molar-refractivity contribution in [2.75, 3.05) is 0 Å². The lowest BCUT2D eigenvalue weighted by Crippen LogP contribution is -2.40. The number of alkyl halides is 3. The highest BCUT2D eigenvalue weighted by molar-refractivity contribution is 5.25. The van der Waals surface area contributed by atoms with Crippen LogP contribution in [0.25, 0.3) is 0 Å². The molecular formula is C17H17F3N4O. The van der Waals surface area contributed by atoms with Crippen LogP contribution >= 0.6 is 0 Å². The van der Waals surface area contributed by atoms with Crippen LogP contribution in [0.4, 0.5) is 13.2 Å². The van der Waals surface area contributed by atoms with Crippen LogP contribution in [0.3, 0.4) is 0 Å². The van der Waals surface area contributed by atoms with E-state index in [4.69, 9.17) is 0 Å². The number of aromatic nitrogens is 4. The van der Waals surface area contributed by atoms with Gasteiger partial charge in [-0.15, -0.1) is 0 Å². The van der Waals surface area contributed by atoms with E-state index in [0.29, 0.717) is 5.56 Å². The van der Waals surface area contributed by atoms with Crippen LogP contribution < -0.4 is 0 Å². The van der Waals surface area contributed by atoms with E-state index in [9.17, 15) is 18.3 Å². The van der Waals surface area contributed by atoms with Gasteiger partial charge in [0.2, 0.25) is 0 Å². The van der Waals surface area contributed by atoms with Crippen LogP contribution in [-0.4, -0.2) is 29.8 Å². The zero-order valence-electron chi connectivity index (χ0n) is 13.3. The molecule has 0 spiro atoms. The predicted molar refractivity (Wildman–Crippen MR) is 84.6 cm³/mol. The molecule has 0 amide bonds. The molecule has 3 rings (SSSR count). The molecule has 0 saturated heterocycles. The molecule has 25 heavy (non-hydrogen) atoms. The van der Waals surface area contributed by atoms with Crippen LogP contribution in [0, 0.1) is 0 Å². The second kappa shape index (κ2) is 6.72. The fraction of sp³-hybridized carbons (Fsp3) is 0.294. The summed E-state index contributed by atoms with van der Waals surface area (Å²) in [4.78, 5) is 7.91. The summed E-state index contributed by atoms with van der Waals surface area (Å²) in [7, 11) is 0. The number of halogens is 3. The lowest BCUT2D eigenvalue weighted by molar-refractivity contribution is -0.137. The Bertz CT molecular complexity index is 744. The van der Waals surface area contributed by atoms with E-state index in [-0.39, 0.29) is 19.5 Å². The number of aliphatic hydroxyl groups is 1. The lowest BCUT2D eigenvalue weighted by atomic mass is 9.93. The number of benzene rings is 1. The first kappa shape index (κ1) is 17.2. The Kier molecular flexibility index (Phi) is 4.63. The number of hydrogen-bond donors (Lipinski definition) is 1. The summed E-state index contributed by atoms with van der Waals surface area (Å²) in [6.45, 7) is 0.512. The molecule has 8 heteroatoms. The van der Waals surface area contributed by atoms with Crippen molar-refractivity contribution in [3.05, 3.63) is 72.8 Å². The molecule has 0 aliphatic rings. The van der Waals surface area contributed by atoms with E-state index in [1.54, 1.807) is 46.6 Å². The van der Waals surface area contributed by atoms with Crippen LogP contribution in [-0.2, 0) is 25.7 Å². The molecule has 0 aliphatic carbocycles. The van der Waals surface area contributed by atoms with E-state index in [0.717, 1.165) is 12.1 Å². The minimum Gasteiger partial charge on any atom is -0.386 e. The minimum absolute atomic E-state index is 0.196. The molecule has 0 bridgehead atoms. The van der Waals surface area contributed by atoms with Gasteiger partial charge >= 0.3 is 6.18 Å².